The van der Waals surface area contributed by atoms with Gasteiger partial charge in [0.25, 0.3) is 0 Å². The van der Waals surface area contributed by atoms with Gasteiger partial charge in [-0.15, -0.1) is 0 Å². The van der Waals surface area contributed by atoms with Gasteiger partial charge in [0, 0.05) is 25.4 Å². The Morgan fingerprint density at radius 1 is 1.27 bits per heavy atom. The highest BCUT2D eigenvalue weighted by Gasteiger charge is 2.36. The summed E-state index contributed by atoms with van der Waals surface area (Å²) in [6.45, 7) is 2.36. The zero-order valence-corrected chi connectivity index (χ0v) is 14.3. The third-order valence-electron chi connectivity index (χ3n) is 3.60. The number of alkyl halides is 3. The second kappa shape index (κ2) is 8.11. The van der Waals surface area contributed by atoms with Crippen LogP contribution in [0, 0.1) is 5.82 Å². The normalized spacial score (nSPS) is 11.3. The third-order valence-corrected chi connectivity index (χ3v) is 3.60. The third kappa shape index (κ3) is 4.90. The van der Waals surface area contributed by atoms with Crippen LogP contribution in [0.1, 0.15) is 25.5 Å². The first-order valence-electron chi connectivity index (χ1n) is 7.93. The van der Waals surface area contributed by atoms with E-state index < -0.39 is 29.4 Å². The molecular weight excluding hydrogens is 352 g/mol. The number of unbranched alkanes of at least 4 members (excludes halogenated alkanes) is 1. The number of rotatable bonds is 5. The van der Waals surface area contributed by atoms with Crippen molar-refractivity contribution in [2.75, 3.05) is 18.9 Å². The molecule has 0 aromatic carbocycles. The van der Waals surface area contributed by atoms with Crippen LogP contribution in [0.5, 0.6) is 0 Å². The minimum atomic E-state index is -4.79. The molecule has 5 nitrogen and oxygen atoms in total. The molecular formula is C17H18F4N4O. The van der Waals surface area contributed by atoms with E-state index in [1.807, 2.05) is 6.92 Å². The second-order valence-electron chi connectivity index (χ2n) is 5.69. The van der Waals surface area contributed by atoms with Gasteiger partial charge in [0.2, 0.25) is 0 Å². The van der Waals surface area contributed by atoms with Crippen molar-refractivity contribution in [3.05, 3.63) is 42.1 Å². The summed E-state index contributed by atoms with van der Waals surface area (Å²) in [7, 11) is 1.50. The maximum atomic E-state index is 13.4. The van der Waals surface area contributed by atoms with E-state index in [2.05, 4.69) is 15.3 Å². The average Bonchev–Trinajstić information content (AvgIpc) is 2.59. The van der Waals surface area contributed by atoms with Crippen LogP contribution in [0.15, 0.2) is 30.6 Å². The van der Waals surface area contributed by atoms with Crippen molar-refractivity contribution >= 4 is 11.7 Å². The highest BCUT2D eigenvalue weighted by Crippen LogP contribution is 2.35. The van der Waals surface area contributed by atoms with Crippen molar-refractivity contribution in [3.63, 3.8) is 0 Å². The van der Waals surface area contributed by atoms with Gasteiger partial charge in [-0.3, -0.25) is 4.98 Å². The second-order valence-corrected chi connectivity index (χ2v) is 5.69. The predicted octanol–water partition coefficient (Wildman–Crippen LogP) is 4.57. The van der Waals surface area contributed by atoms with E-state index in [0.717, 1.165) is 31.2 Å². The molecule has 0 fully saturated rings. The molecule has 0 aliphatic rings. The van der Waals surface area contributed by atoms with Gasteiger partial charge in [-0.25, -0.2) is 14.2 Å². The summed E-state index contributed by atoms with van der Waals surface area (Å²) >= 11 is 0. The maximum absolute atomic E-state index is 13.4. The Labute approximate surface area is 148 Å². The molecule has 2 rings (SSSR count). The zero-order valence-electron chi connectivity index (χ0n) is 14.3. The molecule has 0 aliphatic carbocycles. The van der Waals surface area contributed by atoms with Crippen LogP contribution in [0.3, 0.4) is 0 Å². The van der Waals surface area contributed by atoms with Gasteiger partial charge in [-0.2, -0.15) is 13.2 Å². The molecule has 0 saturated heterocycles. The summed E-state index contributed by atoms with van der Waals surface area (Å²) in [5.74, 6) is -0.687. The van der Waals surface area contributed by atoms with Crippen LogP contribution < -0.4 is 5.32 Å². The number of urea groups is 1. The van der Waals surface area contributed by atoms with E-state index in [-0.39, 0.29) is 11.3 Å². The molecule has 140 valence electrons. The number of amides is 2. The van der Waals surface area contributed by atoms with E-state index in [0.29, 0.717) is 6.54 Å². The van der Waals surface area contributed by atoms with E-state index in [1.54, 1.807) is 0 Å². The van der Waals surface area contributed by atoms with Gasteiger partial charge in [-0.1, -0.05) is 13.3 Å². The molecule has 2 amide bonds. The van der Waals surface area contributed by atoms with E-state index in [1.165, 1.54) is 24.2 Å². The SMILES string of the molecule is CCCCN(C)C(=O)Nc1ccc(-c2cncc(F)c2)nc1C(F)(F)F. The Morgan fingerprint density at radius 2 is 2.00 bits per heavy atom. The van der Waals surface area contributed by atoms with Crippen molar-refractivity contribution in [1.82, 2.24) is 14.9 Å². The fraction of sp³-hybridized carbons (Fsp3) is 0.353. The first-order chi connectivity index (χ1) is 12.2. The molecule has 0 unspecified atom stereocenters. The Balaban J connectivity index is 2.34. The Bertz CT molecular complexity index is 780. The van der Waals surface area contributed by atoms with E-state index in [9.17, 15) is 22.4 Å². The van der Waals surface area contributed by atoms with Crippen molar-refractivity contribution in [2.24, 2.45) is 0 Å². The largest absolute Gasteiger partial charge is 0.435 e. The number of aromatic nitrogens is 2. The van der Waals surface area contributed by atoms with Gasteiger partial charge in [0.05, 0.1) is 17.6 Å². The van der Waals surface area contributed by atoms with Gasteiger partial charge < -0.3 is 10.2 Å². The summed E-state index contributed by atoms with van der Waals surface area (Å²) in [6.07, 6.45) is -1.05. The van der Waals surface area contributed by atoms with Gasteiger partial charge in [0.15, 0.2) is 5.69 Å². The van der Waals surface area contributed by atoms with E-state index in [4.69, 9.17) is 0 Å². The monoisotopic (exact) mass is 370 g/mol. The quantitative estimate of drug-likeness (QED) is 0.785. The summed E-state index contributed by atoms with van der Waals surface area (Å²) in [5, 5.41) is 2.23. The minimum Gasteiger partial charge on any atom is -0.328 e. The molecule has 2 aromatic rings. The van der Waals surface area contributed by atoms with Crippen LogP contribution in [0.25, 0.3) is 11.3 Å². The van der Waals surface area contributed by atoms with Crippen LogP contribution in [0.2, 0.25) is 0 Å². The number of hydrogen-bond acceptors (Lipinski definition) is 3. The van der Waals surface area contributed by atoms with Crippen LogP contribution in [0.4, 0.5) is 28.0 Å². The lowest BCUT2D eigenvalue weighted by Gasteiger charge is -2.19. The fourth-order valence-electron chi connectivity index (χ4n) is 2.20. The lowest BCUT2D eigenvalue weighted by molar-refractivity contribution is -0.140. The number of nitrogens with one attached hydrogen (secondary N) is 1. The zero-order chi connectivity index (χ0) is 19.3. The number of hydrogen-bond donors (Lipinski definition) is 1. The topological polar surface area (TPSA) is 58.1 Å². The Kier molecular flexibility index (Phi) is 6.12. The number of carbonyl (C=O) groups excluding carboxylic acids is 1. The Morgan fingerprint density at radius 3 is 2.62 bits per heavy atom. The number of carbonyl (C=O) groups is 1. The standard InChI is InChI=1S/C17H18F4N4O/c1-3-4-7-25(2)16(26)24-14-6-5-13(23-15(14)17(19,20)21)11-8-12(18)10-22-9-11/h5-6,8-10H,3-4,7H2,1-2H3,(H,24,26). The fourth-order valence-corrected chi connectivity index (χ4v) is 2.20. The van der Waals surface area contributed by atoms with E-state index >= 15 is 0 Å². The minimum absolute atomic E-state index is 0.0957. The molecule has 9 heteroatoms. The molecule has 0 spiro atoms. The first kappa shape index (κ1) is 19.6. The summed E-state index contributed by atoms with van der Waals surface area (Å²) in [4.78, 5) is 20.5. The molecule has 0 atom stereocenters. The number of halogens is 4. The van der Waals surface area contributed by atoms with Crippen molar-refractivity contribution in [1.29, 1.82) is 0 Å². The van der Waals surface area contributed by atoms with Gasteiger partial charge >= 0.3 is 12.2 Å². The smallest absolute Gasteiger partial charge is 0.328 e. The first-order valence-corrected chi connectivity index (χ1v) is 7.93. The summed E-state index contributed by atoms with van der Waals surface area (Å²) < 4.78 is 53.3. The molecule has 26 heavy (non-hydrogen) atoms. The van der Waals surface area contributed by atoms with Crippen LogP contribution in [-0.4, -0.2) is 34.5 Å². The van der Waals surface area contributed by atoms with Crippen molar-refractivity contribution in [3.8, 4) is 11.3 Å². The number of anilines is 1. The van der Waals surface area contributed by atoms with Gasteiger partial charge in [0.1, 0.15) is 5.82 Å². The van der Waals surface area contributed by atoms with Crippen molar-refractivity contribution < 1.29 is 22.4 Å². The van der Waals surface area contributed by atoms with Gasteiger partial charge in [-0.05, 0) is 24.6 Å². The van der Waals surface area contributed by atoms with Crippen LogP contribution in [-0.2, 0) is 6.18 Å². The lowest BCUT2D eigenvalue weighted by atomic mass is 10.1. The highest BCUT2D eigenvalue weighted by molar-refractivity contribution is 5.90. The number of pyridine rings is 2. The Hall–Kier alpha value is -2.71. The maximum Gasteiger partial charge on any atom is 0.435 e. The molecule has 0 aliphatic heterocycles. The summed E-state index contributed by atoms with van der Waals surface area (Å²) in [5.41, 5.74) is -1.70. The molecule has 1 N–H and O–H groups in total. The predicted molar refractivity (Wildman–Crippen MR) is 89.0 cm³/mol. The molecule has 0 radical (unpaired) electrons. The highest BCUT2D eigenvalue weighted by atomic mass is 19.4. The molecule has 0 saturated carbocycles. The van der Waals surface area contributed by atoms with Crippen LogP contribution >= 0.6 is 0 Å². The molecule has 2 aromatic heterocycles. The summed E-state index contributed by atoms with van der Waals surface area (Å²) in [6, 6.07) is 2.74. The average molecular weight is 370 g/mol. The molecule has 0 bridgehead atoms. The number of nitrogens with zero attached hydrogens (tertiary/aromatic N) is 3. The van der Waals surface area contributed by atoms with Crippen molar-refractivity contribution in [2.45, 2.75) is 25.9 Å². The molecule has 2 heterocycles. The lowest BCUT2D eigenvalue weighted by Crippen LogP contribution is -2.33.